The van der Waals surface area contributed by atoms with E-state index >= 15 is 0 Å². The van der Waals surface area contributed by atoms with Gasteiger partial charge in [0.25, 0.3) is 0 Å². The molecule has 0 bridgehead atoms. The Balaban J connectivity index is 1.39. The molecule has 0 unspecified atom stereocenters. The number of para-hydroxylation sites is 4. The molecule has 0 radical (unpaired) electrons. The maximum atomic E-state index is 2.61. The van der Waals surface area contributed by atoms with Gasteiger partial charge in [-0.25, -0.2) is 0 Å². The first kappa shape index (κ1) is 34.1. The highest BCUT2D eigenvalue weighted by atomic mass is 15.0. The zero-order valence-corrected chi connectivity index (χ0v) is 29.9. The van der Waals surface area contributed by atoms with E-state index in [2.05, 4.69) is 120 Å². The summed E-state index contributed by atoms with van der Waals surface area (Å²) < 4.78 is 5.22. The van der Waals surface area contributed by atoms with Crippen molar-refractivity contribution >= 4 is 43.6 Å². The van der Waals surface area contributed by atoms with Crippen LogP contribution in [0.25, 0.3) is 54.7 Å². The first-order valence-corrected chi connectivity index (χ1v) is 19.5. The summed E-state index contributed by atoms with van der Waals surface area (Å²) in [5.41, 5.74) is 8.13. The van der Waals surface area contributed by atoms with Crippen molar-refractivity contribution in [3.63, 3.8) is 0 Å². The molecule has 6 aromatic rings. The van der Waals surface area contributed by atoms with Gasteiger partial charge in [-0.1, -0.05) is 139 Å². The molecule has 6 rings (SSSR count). The van der Waals surface area contributed by atoms with Crippen molar-refractivity contribution in [2.24, 2.45) is 0 Å². The van der Waals surface area contributed by atoms with Gasteiger partial charge < -0.3 is 0 Å². The lowest BCUT2D eigenvalue weighted by molar-refractivity contribution is -0.646. The molecule has 2 heterocycles. The Bertz CT molecular complexity index is 1660. The number of rotatable bonds is 19. The molecule has 0 aliphatic carbocycles. The highest BCUT2D eigenvalue weighted by molar-refractivity contribution is 6.18. The van der Waals surface area contributed by atoms with E-state index in [0.29, 0.717) is 0 Å². The predicted molar refractivity (Wildman–Crippen MR) is 208 cm³/mol. The molecule has 0 saturated carbocycles. The number of fused-ring (bicyclic) bond motifs is 4. The molecule has 0 spiro atoms. The highest BCUT2D eigenvalue weighted by Gasteiger charge is 2.27. The summed E-state index contributed by atoms with van der Waals surface area (Å²) >= 11 is 0. The molecule has 0 fully saturated rings. The van der Waals surface area contributed by atoms with Crippen LogP contribution in [0, 0.1) is 0 Å². The number of aryl methyl sites for hydroxylation is 2. The first-order valence-electron chi connectivity index (χ1n) is 19.5. The Morgan fingerprint density at radius 2 is 0.562 bits per heavy atom. The Hall–Kier alpha value is -3.78. The van der Waals surface area contributed by atoms with E-state index in [-0.39, 0.29) is 0 Å². The lowest BCUT2D eigenvalue weighted by atomic mass is 9.90. The molecule has 0 N–H and O–H groups in total. The van der Waals surface area contributed by atoms with Gasteiger partial charge in [-0.15, -0.1) is 0 Å². The average Bonchev–Trinajstić information content (AvgIpc) is 3.13. The van der Waals surface area contributed by atoms with Crippen molar-refractivity contribution in [3.8, 4) is 11.1 Å². The Labute approximate surface area is 289 Å². The van der Waals surface area contributed by atoms with Gasteiger partial charge in [-0.2, -0.15) is 9.13 Å². The standard InChI is InChI=1S/C46H58N2/c1-3-5-7-9-11-13-15-25-35-47-41-31-21-17-27-37(41)45(38-28-18-22-32-42(38)47)46-39-29-19-23-33-43(39)48(44-34-24-20-30-40(44)46)36-26-16-14-12-10-8-6-4-2/h17-24,27-34H,3-16,25-26,35-36H2,1-2H3/q+2. The number of benzene rings is 4. The molecule has 0 aliphatic rings. The van der Waals surface area contributed by atoms with E-state index in [4.69, 9.17) is 0 Å². The molecule has 0 aliphatic heterocycles. The maximum absolute atomic E-state index is 2.61. The van der Waals surface area contributed by atoms with Crippen molar-refractivity contribution in [1.82, 2.24) is 0 Å². The summed E-state index contributed by atoms with van der Waals surface area (Å²) in [6.07, 6.45) is 21.5. The van der Waals surface area contributed by atoms with E-state index in [9.17, 15) is 0 Å². The second kappa shape index (κ2) is 17.6. The summed E-state index contributed by atoms with van der Waals surface area (Å²) in [5, 5.41) is 5.41. The van der Waals surface area contributed by atoms with E-state index < -0.39 is 0 Å². The molecule has 2 heteroatoms. The zero-order valence-electron chi connectivity index (χ0n) is 29.9. The summed E-state index contributed by atoms with van der Waals surface area (Å²) in [5.74, 6) is 0. The van der Waals surface area contributed by atoms with E-state index in [1.807, 2.05) is 0 Å². The minimum Gasteiger partial charge on any atom is -0.191 e. The van der Waals surface area contributed by atoms with E-state index in [1.165, 1.54) is 157 Å². The monoisotopic (exact) mass is 638 g/mol. The topological polar surface area (TPSA) is 7.76 Å². The maximum Gasteiger partial charge on any atom is 0.213 e. The fourth-order valence-corrected chi connectivity index (χ4v) is 8.06. The van der Waals surface area contributed by atoms with Gasteiger partial charge in [0.15, 0.2) is 0 Å². The molecule has 250 valence electrons. The lowest BCUT2D eigenvalue weighted by Gasteiger charge is -2.16. The molecule has 2 aromatic heterocycles. The minimum absolute atomic E-state index is 1.06. The van der Waals surface area contributed by atoms with Gasteiger partial charge in [-0.3, -0.25) is 0 Å². The third-order valence-corrected chi connectivity index (χ3v) is 10.6. The number of pyridine rings is 2. The Morgan fingerprint density at radius 1 is 0.312 bits per heavy atom. The molecular formula is C46H58N2+2. The zero-order chi connectivity index (χ0) is 33.0. The first-order chi connectivity index (χ1) is 23.8. The van der Waals surface area contributed by atoms with Gasteiger partial charge in [0.1, 0.15) is 13.1 Å². The fourth-order valence-electron chi connectivity index (χ4n) is 8.06. The van der Waals surface area contributed by atoms with Crippen LogP contribution in [-0.2, 0) is 13.1 Å². The molecular weight excluding hydrogens is 581 g/mol. The molecule has 0 saturated heterocycles. The molecule has 48 heavy (non-hydrogen) atoms. The third kappa shape index (κ3) is 7.75. The normalized spacial score (nSPS) is 11.8. The lowest BCUT2D eigenvalue weighted by Crippen LogP contribution is -2.36. The van der Waals surface area contributed by atoms with Crippen molar-refractivity contribution in [2.45, 2.75) is 130 Å². The fraction of sp³-hybridized carbons (Fsp3) is 0.435. The Morgan fingerprint density at radius 3 is 0.854 bits per heavy atom. The van der Waals surface area contributed by atoms with Crippen LogP contribution in [0.5, 0.6) is 0 Å². The second-order valence-electron chi connectivity index (χ2n) is 14.1. The van der Waals surface area contributed by atoms with Crippen molar-refractivity contribution in [3.05, 3.63) is 97.1 Å². The minimum atomic E-state index is 1.06. The van der Waals surface area contributed by atoms with Gasteiger partial charge in [0.2, 0.25) is 22.1 Å². The summed E-state index contributed by atoms with van der Waals surface area (Å²) in [4.78, 5) is 0. The van der Waals surface area contributed by atoms with E-state index in [0.717, 1.165) is 13.1 Å². The van der Waals surface area contributed by atoms with Crippen LogP contribution < -0.4 is 9.13 Å². The number of aromatic nitrogens is 2. The van der Waals surface area contributed by atoms with E-state index in [1.54, 1.807) is 0 Å². The number of hydrogen-bond donors (Lipinski definition) is 0. The largest absolute Gasteiger partial charge is 0.213 e. The summed E-state index contributed by atoms with van der Waals surface area (Å²) in [6, 6.07) is 36.7. The third-order valence-electron chi connectivity index (χ3n) is 10.6. The summed E-state index contributed by atoms with van der Waals surface area (Å²) in [7, 11) is 0. The molecule has 2 nitrogen and oxygen atoms in total. The number of unbranched alkanes of at least 4 members (excludes halogenated alkanes) is 14. The van der Waals surface area contributed by atoms with Crippen LogP contribution in [0.4, 0.5) is 0 Å². The molecule has 4 aromatic carbocycles. The predicted octanol–water partition coefficient (Wildman–Crippen LogP) is 12.8. The van der Waals surface area contributed by atoms with Crippen LogP contribution in [-0.4, -0.2) is 0 Å². The van der Waals surface area contributed by atoms with Gasteiger partial charge >= 0.3 is 0 Å². The quantitative estimate of drug-likeness (QED) is 0.0474. The van der Waals surface area contributed by atoms with Crippen LogP contribution in [0.1, 0.15) is 117 Å². The van der Waals surface area contributed by atoms with Crippen molar-refractivity contribution < 1.29 is 9.13 Å². The van der Waals surface area contributed by atoms with Crippen LogP contribution in [0.15, 0.2) is 97.1 Å². The highest BCUT2D eigenvalue weighted by Crippen LogP contribution is 2.41. The SMILES string of the molecule is CCCCCCCCCC[n+]1c2ccccc2c(-c2c3ccccc3[n+](CCCCCCCCCC)c3ccccc23)c2ccccc21. The Kier molecular flexibility index (Phi) is 12.5. The van der Waals surface area contributed by atoms with Gasteiger partial charge in [0.05, 0.1) is 21.5 Å². The molecule has 0 atom stereocenters. The summed E-state index contributed by atoms with van der Waals surface area (Å²) in [6.45, 7) is 6.72. The van der Waals surface area contributed by atoms with Gasteiger partial charge in [-0.05, 0) is 37.1 Å². The smallest absolute Gasteiger partial charge is 0.191 e. The van der Waals surface area contributed by atoms with Crippen LogP contribution in [0.3, 0.4) is 0 Å². The van der Waals surface area contributed by atoms with Crippen LogP contribution >= 0.6 is 0 Å². The molecule has 0 amide bonds. The van der Waals surface area contributed by atoms with Crippen molar-refractivity contribution in [2.75, 3.05) is 0 Å². The number of hydrogen-bond acceptors (Lipinski definition) is 0. The van der Waals surface area contributed by atoms with Crippen molar-refractivity contribution in [1.29, 1.82) is 0 Å². The van der Waals surface area contributed by atoms with Gasteiger partial charge in [0, 0.05) is 48.2 Å². The number of nitrogens with zero attached hydrogens (tertiary/aromatic N) is 2. The van der Waals surface area contributed by atoms with Crippen LogP contribution in [0.2, 0.25) is 0 Å². The average molecular weight is 639 g/mol. The second-order valence-corrected chi connectivity index (χ2v) is 14.1.